The first-order valence-corrected chi connectivity index (χ1v) is 14.4. The third-order valence-electron chi connectivity index (χ3n) is 11.7. The molecule has 186 valence electrons. The Labute approximate surface area is 202 Å². The van der Waals surface area contributed by atoms with Crippen LogP contribution in [0.5, 0.6) is 0 Å². The molecule has 4 fully saturated rings. The van der Waals surface area contributed by atoms with Crippen LogP contribution in [0.25, 0.3) is 0 Å². The molecule has 4 aliphatic carbocycles. The molecule has 9 atom stereocenters. The van der Waals surface area contributed by atoms with E-state index in [1.807, 2.05) is 0 Å². The zero-order chi connectivity index (χ0) is 23.4. The third-order valence-corrected chi connectivity index (χ3v) is 11.7. The van der Waals surface area contributed by atoms with Crippen LogP contribution in [0.3, 0.4) is 0 Å². The largest absolute Gasteiger partial charge is 0.393 e. The highest BCUT2D eigenvalue weighted by molar-refractivity contribution is 5.76. The van der Waals surface area contributed by atoms with Crippen molar-refractivity contribution in [2.75, 3.05) is 13.1 Å². The number of hydrogen-bond acceptors (Lipinski definition) is 2. The lowest BCUT2D eigenvalue weighted by Crippen LogP contribution is -2.50. The molecule has 1 heterocycles. The van der Waals surface area contributed by atoms with Crippen LogP contribution in [0, 0.1) is 46.3 Å². The summed E-state index contributed by atoms with van der Waals surface area (Å²) in [6, 6.07) is 0. The number of rotatable bonds is 4. The van der Waals surface area contributed by atoms with E-state index in [9.17, 15) is 9.90 Å². The molecule has 0 spiro atoms. The van der Waals surface area contributed by atoms with E-state index in [0.29, 0.717) is 28.6 Å². The number of amides is 1. The van der Waals surface area contributed by atoms with E-state index in [4.69, 9.17) is 0 Å². The molecule has 1 aliphatic heterocycles. The monoisotopic (exact) mass is 455 g/mol. The second-order valence-electron chi connectivity index (χ2n) is 13.5. The molecular weight excluding hydrogens is 406 g/mol. The van der Waals surface area contributed by atoms with Crippen molar-refractivity contribution in [3.8, 4) is 0 Å². The first-order valence-electron chi connectivity index (χ1n) is 14.4. The fraction of sp³-hybridized carbons (Fsp3) is 0.900. The van der Waals surface area contributed by atoms with Crippen molar-refractivity contribution in [2.24, 2.45) is 46.3 Å². The summed E-state index contributed by atoms with van der Waals surface area (Å²) in [6.07, 6.45) is 16.6. The van der Waals surface area contributed by atoms with Gasteiger partial charge in [-0.15, -0.1) is 0 Å². The first-order chi connectivity index (χ1) is 15.7. The fourth-order valence-corrected chi connectivity index (χ4v) is 9.74. The molecule has 33 heavy (non-hydrogen) atoms. The number of carbonyl (C=O) groups is 1. The molecule has 3 heteroatoms. The molecule has 1 N–H and O–H groups in total. The zero-order valence-electron chi connectivity index (χ0n) is 21.8. The molecule has 0 radical (unpaired) electrons. The van der Waals surface area contributed by atoms with E-state index in [1.165, 1.54) is 51.4 Å². The molecule has 0 aromatic carbocycles. The predicted molar refractivity (Wildman–Crippen MR) is 135 cm³/mol. The average molecular weight is 456 g/mol. The van der Waals surface area contributed by atoms with E-state index in [-0.39, 0.29) is 6.10 Å². The lowest BCUT2D eigenvalue weighted by atomic mass is 9.47. The van der Waals surface area contributed by atoms with Gasteiger partial charge in [-0.1, -0.05) is 39.3 Å². The molecule has 1 amide bonds. The molecule has 0 unspecified atom stereocenters. The van der Waals surface area contributed by atoms with Crippen LogP contribution in [0.4, 0.5) is 0 Å². The Bertz CT molecular complexity index is 775. The summed E-state index contributed by atoms with van der Waals surface area (Å²) in [5.41, 5.74) is 2.38. The number of fused-ring (bicyclic) bond motifs is 5. The van der Waals surface area contributed by atoms with E-state index in [1.54, 1.807) is 5.57 Å². The Morgan fingerprint density at radius 1 is 1.15 bits per heavy atom. The van der Waals surface area contributed by atoms with E-state index in [0.717, 1.165) is 62.4 Å². The minimum absolute atomic E-state index is 0.109. The number of hydrogen-bond donors (Lipinski definition) is 1. The van der Waals surface area contributed by atoms with Gasteiger partial charge in [0.05, 0.1) is 6.10 Å². The number of likely N-dealkylation sites (tertiary alicyclic amines) is 1. The maximum Gasteiger partial charge on any atom is 0.222 e. The Morgan fingerprint density at radius 2 is 1.97 bits per heavy atom. The van der Waals surface area contributed by atoms with Gasteiger partial charge in [-0.3, -0.25) is 4.79 Å². The fourth-order valence-electron chi connectivity index (χ4n) is 9.74. The highest BCUT2D eigenvalue weighted by Gasteiger charge is 2.59. The number of allylic oxidation sites excluding steroid dienone is 1. The molecule has 3 nitrogen and oxygen atoms in total. The highest BCUT2D eigenvalue weighted by Crippen LogP contribution is 2.67. The van der Waals surface area contributed by atoms with Gasteiger partial charge in [0.15, 0.2) is 0 Å². The SMILES string of the molecule is C[C@@H]1CCCN(C(=O)CC[C@@H](C)[C@H]2CC[C@H]3[C@@H]4CC=C5C[C@@H](O)CC[C@]5(C)[C@H]4CC[C@]23C)C1. The molecule has 3 saturated carbocycles. The summed E-state index contributed by atoms with van der Waals surface area (Å²) in [4.78, 5) is 15.1. The van der Waals surface area contributed by atoms with E-state index >= 15 is 0 Å². The molecule has 5 rings (SSSR count). The van der Waals surface area contributed by atoms with Crippen molar-refractivity contribution >= 4 is 5.91 Å². The Morgan fingerprint density at radius 3 is 2.76 bits per heavy atom. The maximum atomic E-state index is 12.9. The Kier molecular flexibility index (Phi) is 6.51. The number of carbonyl (C=O) groups excluding carboxylic acids is 1. The second-order valence-corrected chi connectivity index (χ2v) is 13.5. The van der Waals surface area contributed by atoms with E-state index in [2.05, 4.69) is 38.7 Å². The highest BCUT2D eigenvalue weighted by atomic mass is 16.3. The second kappa shape index (κ2) is 8.99. The van der Waals surface area contributed by atoms with Gasteiger partial charge in [-0.2, -0.15) is 0 Å². The van der Waals surface area contributed by atoms with Gasteiger partial charge < -0.3 is 10.0 Å². The zero-order valence-corrected chi connectivity index (χ0v) is 21.8. The van der Waals surface area contributed by atoms with Crippen LogP contribution in [0.15, 0.2) is 11.6 Å². The standard InChI is InChI=1S/C30H49NO2/c1-20-6-5-17-31(19-20)28(33)12-7-21(2)25-10-11-26-24-9-8-22-18-23(32)13-15-29(22,3)27(24)14-16-30(25,26)4/h8,20-21,23-27,32H,5-7,9-19H2,1-4H3/t20-,21-,23+,24+,25-,26+,27+,29+,30-/m1/s1. The van der Waals surface area contributed by atoms with Gasteiger partial charge in [0, 0.05) is 19.5 Å². The van der Waals surface area contributed by atoms with Crippen LogP contribution in [0.1, 0.15) is 105 Å². The van der Waals surface area contributed by atoms with Crippen LogP contribution < -0.4 is 0 Å². The van der Waals surface area contributed by atoms with Crippen molar-refractivity contribution in [3.05, 3.63) is 11.6 Å². The topological polar surface area (TPSA) is 40.5 Å². The lowest BCUT2D eigenvalue weighted by molar-refractivity contribution is -0.133. The summed E-state index contributed by atoms with van der Waals surface area (Å²) in [7, 11) is 0. The Hall–Kier alpha value is -0.830. The van der Waals surface area contributed by atoms with Gasteiger partial charge in [0.2, 0.25) is 5.91 Å². The summed E-state index contributed by atoms with van der Waals surface area (Å²) in [5.74, 6) is 5.02. The average Bonchev–Trinajstić information content (AvgIpc) is 3.15. The summed E-state index contributed by atoms with van der Waals surface area (Å²) >= 11 is 0. The smallest absolute Gasteiger partial charge is 0.222 e. The number of piperidine rings is 1. The van der Waals surface area contributed by atoms with Crippen LogP contribution >= 0.6 is 0 Å². The lowest BCUT2D eigenvalue weighted by Gasteiger charge is -2.58. The van der Waals surface area contributed by atoms with Crippen LogP contribution in [-0.2, 0) is 4.79 Å². The molecular formula is C30H49NO2. The third kappa shape index (κ3) is 4.13. The quantitative estimate of drug-likeness (QED) is 0.485. The molecule has 5 aliphatic rings. The molecule has 0 aromatic heterocycles. The van der Waals surface area contributed by atoms with Crippen LogP contribution in [-0.4, -0.2) is 35.1 Å². The predicted octanol–water partition coefficient (Wildman–Crippen LogP) is 6.60. The minimum Gasteiger partial charge on any atom is -0.393 e. The maximum absolute atomic E-state index is 12.9. The van der Waals surface area contributed by atoms with Crippen molar-refractivity contribution in [1.82, 2.24) is 4.90 Å². The van der Waals surface area contributed by atoms with Crippen molar-refractivity contribution in [1.29, 1.82) is 0 Å². The van der Waals surface area contributed by atoms with Crippen molar-refractivity contribution in [2.45, 2.75) is 111 Å². The molecule has 0 aromatic rings. The molecule has 0 bridgehead atoms. The van der Waals surface area contributed by atoms with Gasteiger partial charge in [-0.25, -0.2) is 0 Å². The summed E-state index contributed by atoms with van der Waals surface area (Å²) < 4.78 is 0. The molecule has 1 saturated heterocycles. The number of aliphatic hydroxyl groups is 1. The van der Waals surface area contributed by atoms with E-state index < -0.39 is 0 Å². The minimum atomic E-state index is -0.109. The van der Waals surface area contributed by atoms with Crippen LogP contribution in [0.2, 0.25) is 0 Å². The van der Waals surface area contributed by atoms with Gasteiger partial charge in [0.25, 0.3) is 0 Å². The first kappa shape index (κ1) is 23.9. The number of aliphatic hydroxyl groups excluding tert-OH is 1. The summed E-state index contributed by atoms with van der Waals surface area (Å²) in [6.45, 7) is 11.9. The normalized spacial score (nSPS) is 46.1. The van der Waals surface area contributed by atoms with Gasteiger partial charge in [0.1, 0.15) is 0 Å². The van der Waals surface area contributed by atoms with Crippen molar-refractivity contribution < 1.29 is 9.90 Å². The van der Waals surface area contributed by atoms with Crippen molar-refractivity contribution in [3.63, 3.8) is 0 Å². The number of nitrogens with zero attached hydrogens (tertiary/aromatic N) is 1. The van der Waals surface area contributed by atoms with Gasteiger partial charge >= 0.3 is 0 Å². The summed E-state index contributed by atoms with van der Waals surface area (Å²) in [5, 5.41) is 10.3. The van der Waals surface area contributed by atoms with Gasteiger partial charge in [-0.05, 0) is 117 Å². The Balaban J connectivity index is 1.24.